The Morgan fingerprint density at radius 2 is 1.71 bits per heavy atom. The van der Waals surface area contributed by atoms with Crippen molar-refractivity contribution in [3.63, 3.8) is 0 Å². The Balaban J connectivity index is 2.13. The van der Waals surface area contributed by atoms with Gasteiger partial charge < -0.3 is 16.0 Å². The fraction of sp³-hybridized carbons (Fsp3) is 0.222. The van der Waals surface area contributed by atoms with Gasteiger partial charge in [0.2, 0.25) is 3.79 Å². The highest BCUT2D eigenvalue weighted by atomic mass is 35.6. The van der Waals surface area contributed by atoms with Gasteiger partial charge >= 0.3 is 0 Å². The van der Waals surface area contributed by atoms with Crippen LogP contribution in [-0.2, 0) is 0 Å². The summed E-state index contributed by atoms with van der Waals surface area (Å²) >= 11 is 35.2. The van der Waals surface area contributed by atoms with Crippen molar-refractivity contribution in [2.75, 3.05) is 5.32 Å². The maximum absolute atomic E-state index is 12.5. The zero-order valence-electron chi connectivity index (χ0n) is 14.7. The quantitative estimate of drug-likeness (QED) is 0.273. The van der Waals surface area contributed by atoms with E-state index < -0.39 is 15.9 Å². The van der Waals surface area contributed by atoms with Crippen LogP contribution in [0.1, 0.15) is 21.5 Å². The lowest BCUT2D eigenvalue weighted by molar-refractivity contribution is 0.0934. The minimum Gasteiger partial charge on any atom is -0.339 e. The van der Waals surface area contributed by atoms with Crippen LogP contribution in [0, 0.1) is 13.8 Å². The molecule has 3 N–H and O–H groups in total. The number of hydrogen-bond acceptors (Lipinski definition) is 2. The minimum atomic E-state index is -1.89. The second-order valence-electron chi connectivity index (χ2n) is 5.99. The van der Waals surface area contributed by atoms with Crippen LogP contribution in [0.15, 0.2) is 36.4 Å². The smallest absolute Gasteiger partial charge is 0.254 e. The lowest BCUT2D eigenvalue weighted by Crippen LogP contribution is -2.56. The number of benzene rings is 2. The van der Waals surface area contributed by atoms with Gasteiger partial charge in [-0.3, -0.25) is 4.79 Å². The summed E-state index contributed by atoms with van der Waals surface area (Å²) in [5.74, 6) is -0.556. The van der Waals surface area contributed by atoms with Crippen molar-refractivity contribution in [2.24, 2.45) is 0 Å². The Labute approximate surface area is 193 Å². The lowest BCUT2D eigenvalue weighted by Gasteiger charge is -2.28. The van der Waals surface area contributed by atoms with E-state index in [1.807, 2.05) is 32.0 Å². The first-order valence-corrected chi connectivity index (χ1v) is 10.2. The Kier molecular flexibility index (Phi) is 8.08. The average molecular weight is 500 g/mol. The van der Waals surface area contributed by atoms with Crippen molar-refractivity contribution in [1.82, 2.24) is 10.6 Å². The van der Waals surface area contributed by atoms with Gasteiger partial charge in [0.15, 0.2) is 5.11 Å². The number of carbonyl (C=O) groups excluding carboxylic acids is 1. The number of halogens is 5. The van der Waals surface area contributed by atoms with Crippen molar-refractivity contribution in [1.29, 1.82) is 0 Å². The molecule has 0 aliphatic carbocycles. The van der Waals surface area contributed by atoms with Gasteiger partial charge in [0.25, 0.3) is 5.91 Å². The SMILES string of the molecule is Cc1ccc(NC(=S)N[C@H](NC(=O)c2ccc(Cl)cc2Cl)C(Cl)(Cl)Cl)c(C)c1. The fourth-order valence-electron chi connectivity index (χ4n) is 2.33. The molecule has 0 spiro atoms. The lowest BCUT2D eigenvalue weighted by atomic mass is 10.1. The Morgan fingerprint density at radius 1 is 1.04 bits per heavy atom. The van der Waals surface area contributed by atoms with Crippen molar-refractivity contribution < 1.29 is 4.79 Å². The molecule has 0 unspecified atom stereocenters. The molecule has 0 aromatic heterocycles. The molecule has 0 bridgehead atoms. The van der Waals surface area contributed by atoms with E-state index in [0.717, 1.165) is 16.8 Å². The molecule has 10 heteroatoms. The third-order valence-corrected chi connectivity index (χ3v) is 5.11. The molecule has 1 amide bonds. The van der Waals surface area contributed by atoms with E-state index in [1.165, 1.54) is 18.2 Å². The molecule has 2 rings (SSSR count). The molecule has 0 saturated carbocycles. The van der Waals surface area contributed by atoms with Gasteiger partial charge in [-0.05, 0) is 55.9 Å². The summed E-state index contributed by atoms with van der Waals surface area (Å²) in [5, 5.41) is 9.14. The minimum absolute atomic E-state index is 0.170. The van der Waals surface area contributed by atoms with Crippen molar-refractivity contribution >= 4 is 86.9 Å². The van der Waals surface area contributed by atoms with E-state index >= 15 is 0 Å². The summed E-state index contributed by atoms with van der Waals surface area (Å²) in [4.78, 5) is 12.5. The summed E-state index contributed by atoms with van der Waals surface area (Å²) < 4.78 is -1.89. The number of nitrogens with one attached hydrogen (secondary N) is 3. The molecule has 150 valence electrons. The zero-order chi connectivity index (χ0) is 21.1. The highest BCUT2D eigenvalue weighted by Gasteiger charge is 2.35. The zero-order valence-corrected chi connectivity index (χ0v) is 19.3. The largest absolute Gasteiger partial charge is 0.339 e. The average Bonchev–Trinajstić information content (AvgIpc) is 2.55. The molecule has 0 aliphatic heterocycles. The Bertz CT molecular complexity index is 901. The second kappa shape index (κ2) is 9.70. The monoisotopic (exact) mass is 497 g/mol. The summed E-state index contributed by atoms with van der Waals surface area (Å²) in [5.41, 5.74) is 3.08. The first-order chi connectivity index (χ1) is 13.0. The predicted octanol–water partition coefficient (Wildman–Crippen LogP) is 6.02. The molecular weight excluding hydrogens is 484 g/mol. The number of hydrogen-bond donors (Lipinski definition) is 3. The van der Waals surface area contributed by atoms with Crippen LogP contribution in [0.25, 0.3) is 0 Å². The normalized spacial score (nSPS) is 12.2. The van der Waals surface area contributed by atoms with E-state index in [4.69, 9.17) is 70.2 Å². The van der Waals surface area contributed by atoms with Crippen LogP contribution < -0.4 is 16.0 Å². The van der Waals surface area contributed by atoms with E-state index in [-0.39, 0.29) is 15.7 Å². The predicted molar refractivity (Wildman–Crippen MR) is 123 cm³/mol. The molecule has 2 aromatic carbocycles. The van der Waals surface area contributed by atoms with Gasteiger partial charge in [-0.15, -0.1) is 0 Å². The summed E-state index contributed by atoms with van der Waals surface area (Å²) in [6, 6.07) is 10.3. The molecule has 28 heavy (non-hydrogen) atoms. The first kappa shape index (κ1) is 23.3. The summed E-state index contributed by atoms with van der Waals surface area (Å²) in [7, 11) is 0. The summed E-state index contributed by atoms with van der Waals surface area (Å²) in [6.07, 6.45) is -1.12. The van der Waals surface area contributed by atoms with Crippen LogP contribution >= 0.6 is 70.2 Å². The molecule has 0 fully saturated rings. The van der Waals surface area contributed by atoms with Crippen molar-refractivity contribution in [2.45, 2.75) is 23.8 Å². The number of amides is 1. The Hall–Kier alpha value is -0.950. The molecule has 4 nitrogen and oxygen atoms in total. The molecule has 0 saturated heterocycles. The third-order valence-electron chi connectivity index (χ3n) is 3.68. The number of rotatable bonds is 4. The van der Waals surface area contributed by atoms with Crippen LogP contribution in [0.4, 0.5) is 5.69 Å². The van der Waals surface area contributed by atoms with Gasteiger partial charge in [-0.1, -0.05) is 75.7 Å². The van der Waals surface area contributed by atoms with Crippen LogP contribution in [0.2, 0.25) is 10.0 Å². The summed E-state index contributed by atoms with van der Waals surface area (Å²) in [6.45, 7) is 3.93. The second-order valence-corrected chi connectivity index (χ2v) is 9.61. The fourth-order valence-corrected chi connectivity index (χ4v) is 3.38. The van der Waals surface area contributed by atoms with Crippen LogP contribution in [0.3, 0.4) is 0 Å². The first-order valence-electron chi connectivity index (χ1n) is 7.95. The van der Waals surface area contributed by atoms with Gasteiger partial charge in [0, 0.05) is 10.7 Å². The molecular formula is C18H16Cl5N3OS. The standard InChI is InChI=1S/C18H16Cl5N3OS/c1-9-3-6-14(10(2)7-9)24-17(28)26-16(18(21,22)23)25-15(27)12-5-4-11(19)8-13(12)20/h3-8,16H,1-2H3,(H,25,27)(H2,24,26,28)/t16-/m0/s1. The third kappa shape index (κ3) is 6.55. The van der Waals surface area contributed by atoms with Gasteiger partial charge in [0.1, 0.15) is 6.17 Å². The maximum Gasteiger partial charge on any atom is 0.254 e. The van der Waals surface area contributed by atoms with Gasteiger partial charge in [-0.2, -0.15) is 0 Å². The van der Waals surface area contributed by atoms with Gasteiger partial charge in [0.05, 0.1) is 10.6 Å². The number of carbonyl (C=O) groups is 1. The number of alkyl halides is 3. The van der Waals surface area contributed by atoms with Crippen LogP contribution in [-0.4, -0.2) is 21.0 Å². The van der Waals surface area contributed by atoms with Gasteiger partial charge in [-0.25, -0.2) is 0 Å². The van der Waals surface area contributed by atoms with E-state index in [9.17, 15) is 4.79 Å². The molecule has 0 heterocycles. The topological polar surface area (TPSA) is 53.2 Å². The van der Waals surface area contributed by atoms with Crippen molar-refractivity contribution in [3.8, 4) is 0 Å². The molecule has 0 aliphatic rings. The van der Waals surface area contributed by atoms with E-state index in [0.29, 0.717) is 5.02 Å². The molecule has 1 atom stereocenters. The number of anilines is 1. The highest BCUT2D eigenvalue weighted by Crippen LogP contribution is 2.30. The van der Waals surface area contributed by atoms with E-state index in [1.54, 1.807) is 0 Å². The Morgan fingerprint density at radius 3 is 2.29 bits per heavy atom. The molecule has 2 aromatic rings. The number of aryl methyl sites for hydroxylation is 2. The number of thiocarbonyl (C=S) groups is 1. The van der Waals surface area contributed by atoms with Crippen LogP contribution in [0.5, 0.6) is 0 Å². The van der Waals surface area contributed by atoms with E-state index in [2.05, 4.69) is 16.0 Å². The maximum atomic E-state index is 12.5. The van der Waals surface area contributed by atoms with Crippen molar-refractivity contribution in [3.05, 3.63) is 63.1 Å². The molecule has 0 radical (unpaired) electrons. The highest BCUT2D eigenvalue weighted by molar-refractivity contribution is 7.80.